The smallest absolute Gasteiger partial charge is 0.250 e. The number of amides is 1. The summed E-state index contributed by atoms with van der Waals surface area (Å²) in [6.07, 6.45) is 1.55. The molecule has 0 radical (unpaired) electrons. The molecule has 5 nitrogen and oxygen atoms in total. The van der Waals surface area contributed by atoms with Gasteiger partial charge in [0.15, 0.2) is 5.82 Å². The fourth-order valence-corrected chi connectivity index (χ4v) is 4.76. The minimum absolute atomic E-state index is 0.0176. The molecule has 0 aliphatic carbocycles. The molecule has 3 aliphatic heterocycles. The zero-order chi connectivity index (χ0) is 19.4. The van der Waals surface area contributed by atoms with E-state index in [0.717, 1.165) is 35.5 Å². The van der Waals surface area contributed by atoms with Crippen molar-refractivity contribution >= 4 is 5.91 Å². The van der Waals surface area contributed by atoms with Gasteiger partial charge in [-0.25, -0.2) is 0 Å². The van der Waals surface area contributed by atoms with Gasteiger partial charge in [0.2, 0.25) is 0 Å². The minimum atomic E-state index is -0.481. The number of carbonyl (C=O) groups is 1. The monoisotopic (exact) mass is 364 g/mol. The number of benzene rings is 1. The van der Waals surface area contributed by atoms with Crippen LogP contribution in [0.25, 0.3) is 0 Å². The molecule has 0 saturated heterocycles. The summed E-state index contributed by atoms with van der Waals surface area (Å²) >= 11 is 0. The Balaban J connectivity index is 1.98. The van der Waals surface area contributed by atoms with Crippen LogP contribution in [0.15, 0.2) is 57.2 Å². The van der Waals surface area contributed by atoms with Crippen LogP contribution >= 0.6 is 0 Å². The second-order valence-corrected chi connectivity index (χ2v) is 8.76. The normalized spacial score (nSPS) is 26.1. The van der Waals surface area contributed by atoms with Crippen LogP contribution in [-0.2, 0) is 10.2 Å². The van der Waals surface area contributed by atoms with Crippen molar-refractivity contribution in [1.29, 1.82) is 0 Å². The van der Waals surface area contributed by atoms with Gasteiger partial charge in [-0.15, -0.1) is 5.11 Å². The van der Waals surface area contributed by atoms with Crippen LogP contribution in [0.4, 0.5) is 0 Å². The van der Waals surface area contributed by atoms with Crippen LogP contribution in [0.5, 0.6) is 0 Å². The molecular weight excluding hydrogens is 336 g/mol. The number of dihydropyridines is 1. The van der Waals surface area contributed by atoms with Gasteiger partial charge in [0.25, 0.3) is 5.91 Å². The van der Waals surface area contributed by atoms with E-state index in [2.05, 4.69) is 79.7 Å². The fourth-order valence-electron chi connectivity index (χ4n) is 4.76. The Labute approximate surface area is 161 Å². The molecule has 142 valence electrons. The third-order valence-corrected chi connectivity index (χ3v) is 6.07. The summed E-state index contributed by atoms with van der Waals surface area (Å²) in [5, 5.41) is 15.3. The van der Waals surface area contributed by atoms with Gasteiger partial charge in [0.05, 0.1) is 17.5 Å². The maximum Gasteiger partial charge on any atom is 0.250 e. The summed E-state index contributed by atoms with van der Waals surface area (Å²) in [4.78, 5) is 13.3. The molecular formula is C22H28N4O. The molecule has 0 bridgehead atoms. The van der Waals surface area contributed by atoms with Crippen molar-refractivity contribution in [3.05, 3.63) is 58.1 Å². The number of nitrogens with one attached hydrogen (secondary N) is 2. The van der Waals surface area contributed by atoms with Gasteiger partial charge in [0, 0.05) is 23.2 Å². The first kappa shape index (κ1) is 18.0. The van der Waals surface area contributed by atoms with Crippen molar-refractivity contribution in [3.8, 4) is 0 Å². The van der Waals surface area contributed by atoms with Crippen molar-refractivity contribution in [2.45, 2.75) is 64.3 Å². The zero-order valence-electron chi connectivity index (χ0n) is 16.8. The molecule has 27 heavy (non-hydrogen) atoms. The molecule has 4 rings (SSSR count). The van der Waals surface area contributed by atoms with Crippen LogP contribution in [0.3, 0.4) is 0 Å². The van der Waals surface area contributed by atoms with E-state index in [1.54, 1.807) is 0 Å². The Morgan fingerprint density at radius 1 is 1.26 bits per heavy atom. The second kappa shape index (κ2) is 6.04. The zero-order valence-corrected chi connectivity index (χ0v) is 16.8. The Morgan fingerprint density at radius 2 is 2.04 bits per heavy atom. The first-order chi connectivity index (χ1) is 12.8. The van der Waals surface area contributed by atoms with Gasteiger partial charge >= 0.3 is 0 Å². The van der Waals surface area contributed by atoms with Crippen LogP contribution in [0, 0.1) is 0 Å². The van der Waals surface area contributed by atoms with E-state index in [4.69, 9.17) is 0 Å². The van der Waals surface area contributed by atoms with E-state index in [9.17, 15) is 4.79 Å². The number of hydrogen-bond acceptors (Lipinski definition) is 4. The summed E-state index contributed by atoms with van der Waals surface area (Å²) in [7, 11) is 0. The van der Waals surface area contributed by atoms with E-state index in [1.165, 1.54) is 11.1 Å². The third kappa shape index (κ3) is 2.63. The average Bonchev–Trinajstić information content (AvgIpc) is 3.07. The standard InChI is InChI=1S/C22H28N4O/c1-6-22(15-9-7-8-14(10-15)13(2)3)16-12-23-26-19(16)24-17-11-21(4,5)25-20(27)18(17)22/h7-10,13,24H,6,11-12H2,1-5H3,(H,25,27). The third-order valence-electron chi connectivity index (χ3n) is 6.07. The molecule has 3 aliphatic rings. The van der Waals surface area contributed by atoms with Crippen molar-refractivity contribution in [2.75, 3.05) is 6.54 Å². The van der Waals surface area contributed by atoms with Crippen LogP contribution in [0.1, 0.15) is 64.5 Å². The van der Waals surface area contributed by atoms with Gasteiger partial charge in [-0.2, -0.15) is 5.11 Å². The number of hydrogen-bond donors (Lipinski definition) is 2. The van der Waals surface area contributed by atoms with Crippen molar-refractivity contribution in [3.63, 3.8) is 0 Å². The molecule has 0 aromatic heterocycles. The highest BCUT2D eigenvalue weighted by atomic mass is 16.2. The number of rotatable bonds is 3. The topological polar surface area (TPSA) is 65.8 Å². The Bertz CT molecular complexity index is 907. The summed E-state index contributed by atoms with van der Waals surface area (Å²) in [5.41, 5.74) is 4.63. The highest BCUT2D eigenvalue weighted by Crippen LogP contribution is 2.51. The predicted molar refractivity (Wildman–Crippen MR) is 106 cm³/mol. The minimum Gasteiger partial charge on any atom is -0.347 e. The Hall–Kier alpha value is -2.43. The molecule has 5 heteroatoms. The quantitative estimate of drug-likeness (QED) is 0.840. The van der Waals surface area contributed by atoms with E-state index < -0.39 is 5.41 Å². The highest BCUT2D eigenvalue weighted by molar-refractivity contribution is 6.00. The van der Waals surface area contributed by atoms with Gasteiger partial charge in [-0.1, -0.05) is 45.0 Å². The lowest BCUT2D eigenvalue weighted by molar-refractivity contribution is -0.120. The number of nitrogens with zero attached hydrogens (tertiary/aromatic N) is 2. The maximum atomic E-state index is 13.3. The van der Waals surface area contributed by atoms with E-state index in [1.807, 2.05) is 0 Å². The van der Waals surface area contributed by atoms with Gasteiger partial charge in [-0.3, -0.25) is 4.79 Å². The Morgan fingerprint density at radius 3 is 2.74 bits per heavy atom. The fraction of sp³-hybridized carbons (Fsp3) is 0.500. The molecule has 0 fully saturated rings. The van der Waals surface area contributed by atoms with E-state index >= 15 is 0 Å². The lowest BCUT2D eigenvalue weighted by Crippen LogP contribution is -2.55. The lowest BCUT2D eigenvalue weighted by atomic mass is 9.62. The summed E-state index contributed by atoms with van der Waals surface area (Å²) < 4.78 is 0. The highest BCUT2D eigenvalue weighted by Gasteiger charge is 2.51. The van der Waals surface area contributed by atoms with E-state index in [0.29, 0.717) is 12.5 Å². The van der Waals surface area contributed by atoms with Crippen molar-refractivity contribution < 1.29 is 4.79 Å². The van der Waals surface area contributed by atoms with Crippen LogP contribution in [-0.4, -0.2) is 18.0 Å². The predicted octanol–water partition coefficient (Wildman–Crippen LogP) is 4.29. The number of carbonyl (C=O) groups excluding carboxylic acids is 1. The largest absolute Gasteiger partial charge is 0.347 e. The second-order valence-electron chi connectivity index (χ2n) is 8.76. The van der Waals surface area contributed by atoms with E-state index in [-0.39, 0.29) is 11.4 Å². The molecule has 1 amide bonds. The van der Waals surface area contributed by atoms with Crippen molar-refractivity contribution in [1.82, 2.24) is 10.6 Å². The summed E-state index contributed by atoms with van der Waals surface area (Å²) in [6.45, 7) is 11.2. The number of azo groups is 1. The van der Waals surface area contributed by atoms with Crippen LogP contribution in [0.2, 0.25) is 0 Å². The summed E-state index contributed by atoms with van der Waals surface area (Å²) in [6, 6.07) is 8.69. The molecule has 1 atom stereocenters. The first-order valence-corrected chi connectivity index (χ1v) is 9.83. The maximum absolute atomic E-state index is 13.3. The average molecular weight is 364 g/mol. The molecule has 0 saturated carbocycles. The van der Waals surface area contributed by atoms with Crippen LogP contribution < -0.4 is 10.6 Å². The lowest BCUT2D eigenvalue weighted by Gasteiger charge is -2.46. The molecule has 2 N–H and O–H groups in total. The molecule has 1 aromatic carbocycles. The van der Waals surface area contributed by atoms with Gasteiger partial charge in [0.1, 0.15) is 0 Å². The first-order valence-electron chi connectivity index (χ1n) is 9.83. The molecule has 0 spiro atoms. The van der Waals surface area contributed by atoms with Crippen molar-refractivity contribution in [2.24, 2.45) is 10.2 Å². The molecule has 3 heterocycles. The molecule has 1 aromatic rings. The summed E-state index contributed by atoms with van der Waals surface area (Å²) in [5.74, 6) is 1.28. The SMILES string of the molecule is CCC1(c2cccc(C(C)C)c2)C2=C(N=NC2)NC2=C1C(=O)NC(C)(C)C2. The van der Waals surface area contributed by atoms with Gasteiger partial charge in [-0.05, 0) is 37.3 Å². The molecule has 1 unspecified atom stereocenters. The van der Waals surface area contributed by atoms with Gasteiger partial charge < -0.3 is 10.6 Å². The Kier molecular flexibility index (Phi) is 4.02.